The Morgan fingerprint density at radius 2 is 2.12 bits per heavy atom. The molecule has 1 fully saturated rings. The van der Waals surface area contributed by atoms with Crippen molar-refractivity contribution in [3.63, 3.8) is 0 Å². The Morgan fingerprint density at radius 1 is 1.28 bits per heavy atom. The zero-order valence-electron chi connectivity index (χ0n) is 17.9. The third-order valence-corrected chi connectivity index (χ3v) is 6.55. The fraction of sp³-hybridized carbons (Fsp3) is 0.375. The van der Waals surface area contributed by atoms with Gasteiger partial charge in [0.15, 0.2) is 0 Å². The molecule has 32 heavy (non-hydrogen) atoms. The first kappa shape index (κ1) is 22.5. The number of benzene rings is 2. The first-order valence-corrected chi connectivity index (χ1v) is 11.1. The van der Waals surface area contributed by atoms with Crippen molar-refractivity contribution in [3.8, 4) is 11.6 Å². The topological polar surface area (TPSA) is 104 Å². The molecule has 1 aliphatic rings. The van der Waals surface area contributed by atoms with Gasteiger partial charge in [-0.25, -0.2) is 4.79 Å². The van der Waals surface area contributed by atoms with E-state index in [1.54, 1.807) is 25.3 Å². The highest BCUT2D eigenvalue weighted by atomic mass is 35.5. The molecule has 1 heterocycles. The lowest BCUT2D eigenvalue weighted by Crippen LogP contribution is -2.43. The van der Waals surface area contributed by atoms with Crippen molar-refractivity contribution in [2.24, 2.45) is 5.92 Å². The van der Waals surface area contributed by atoms with Crippen LogP contribution >= 0.6 is 11.6 Å². The number of nitrogens with one attached hydrogen (secondary N) is 2. The fourth-order valence-electron chi connectivity index (χ4n) is 4.69. The van der Waals surface area contributed by atoms with Crippen molar-refractivity contribution in [2.75, 3.05) is 13.7 Å². The third kappa shape index (κ3) is 4.55. The lowest BCUT2D eigenvalue weighted by atomic mass is 9.71. The minimum Gasteiger partial charge on any atom is -0.497 e. The molecule has 4 N–H and O–H groups in total. The second-order valence-electron chi connectivity index (χ2n) is 8.22. The maximum absolute atomic E-state index is 11.6. The number of methoxy groups -OCH3 is 1. The van der Waals surface area contributed by atoms with E-state index < -0.39 is 11.8 Å². The van der Waals surface area contributed by atoms with E-state index in [9.17, 15) is 9.90 Å². The summed E-state index contributed by atoms with van der Waals surface area (Å²) in [5.41, 5.74) is 1.33. The highest BCUT2D eigenvalue weighted by Crippen LogP contribution is 2.42. The summed E-state index contributed by atoms with van der Waals surface area (Å²) in [5, 5.41) is 25.5. The average molecular weight is 459 g/mol. The number of carboxylic acid groups (broad SMARTS) is 1. The number of rotatable bonds is 7. The Hall–Kier alpha value is -2.74. The van der Waals surface area contributed by atoms with Gasteiger partial charge in [-0.15, -0.1) is 0 Å². The average Bonchev–Trinajstić information content (AvgIpc) is 3.10. The number of halogens is 1. The largest absolute Gasteiger partial charge is 0.512 e. The quantitative estimate of drug-likeness (QED) is 0.369. The van der Waals surface area contributed by atoms with Gasteiger partial charge in [0.1, 0.15) is 5.75 Å². The zero-order chi connectivity index (χ0) is 22.7. The van der Waals surface area contributed by atoms with E-state index in [-0.39, 0.29) is 11.8 Å². The highest BCUT2D eigenvalue weighted by Gasteiger charge is 2.40. The van der Waals surface area contributed by atoms with Crippen LogP contribution in [0.4, 0.5) is 4.79 Å². The van der Waals surface area contributed by atoms with E-state index >= 15 is 0 Å². The molecule has 0 saturated heterocycles. The Kier molecular flexibility index (Phi) is 6.60. The Balaban J connectivity index is 1.54. The normalized spacial score (nSPS) is 20.9. The van der Waals surface area contributed by atoms with Crippen molar-refractivity contribution in [3.05, 3.63) is 58.6 Å². The maximum Gasteiger partial charge on any atom is 0.512 e. The molecule has 4 rings (SSSR count). The van der Waals surface area contributed by atoms with Crippen molar-refractivity contribution in [2.45, 2.75) is 37.8 Å². The number of aromatic nitrogens is 1. The van der Waals surface area contributed by atoms with Gasteiger partial charge in [-0.1, -0.05) is 36.6 Å². The highest BCUT2D eigenvalue weighted by molar-refractivity contribution is 6.31. The SMILES string of the molecule is COc1cccc(C2(O)CCCCC2CNCc2c(OC(=O)O)[nH]c3ccc(Cl)cc23)c1. The molecular weight excluding hydrogens is 432 g/mol. The lowest BCUT2D eigenvalue weighted by Gasteiger charge is -2.41. The van der Waals surface area contributed by atoms with E-state index in [4.69, 9.17) is 26.2 Å². The third-order valence-electron chi connectivity index (χ3n) is 6.32. The number of ether oxygens (including phenoxy) is 2. The van der Waals surface area contributed by atoms with Crippen molar-refractivity contribution >= 4 is 28.7 Å². The van der Waals surface area contributed by atoms with Crippen LogP contribution in [0.25, 0.3) is 10.9 Å². The van der Waals surface area contributed by atoms with Gasteiger partial charge in [0.25, 0.3) is 0 Å². The molecule has 8 heteroatoms. The van der Waals surface area contributed by atoms with Gasteiger partial charge in [0, 0.05) is 40.5 Å². The molecule has 0 aliphatic heterocycles. The van der Waals surface area contributed by atoms with Crippen LogP contribution < -0.4 is 14.8 Å². The van der Waals surface area contributed by atoms with Gasteiger partial charge in [-0.3, -0.25) is 0 Å². The van der Waals surface area contributed by atoms with E-state index in [0.717, 1.165) is 41.5 Å². The summed E-state index contributed by atoms with van der Waals surface area (Å²) in [5.74, 6) is 0.898. The summed E-state index contributed by atoms with van der Waals surface area (Å²) < 4.78 is 10.3. The molecule has 2 unspecified atom stereocenters. The summed E-state index contributed by atoms with van der Waals surface area (Å²) in [7, 11) is 1.62. The molecular formula is C24H27ClN2O5. The van der Waals surface area contributed by atoms with Gasteiger partial charge in [-0.2, -0.15) is 0 Å². The molecule has 1 saturated carbocycles. The summed E-state index contributed by atoms with van der Waals surface area (Å²) in [6, 6.07) is 12.9. The second-order valence-corrected chi connectivity index (χ2v) is 8.66. The molecule has 3 aromatic rings. The van der Waals surface area contributed by atoms with E-state index in [0.29, 0.717) is 30.1 Å². The van der Waals surface area contributed by atoms with Crippen LogP contribution in [-0.2, 0) is 12.1 Å². The molecule has 0 bridgehead atoms. The number of fused-ring (bicyclic) bond motifs is 1. The lowest BCUT2D eigenvalue weighted by molar-refractivity contribution is -0.0538. The van der Waals surface area contributed by atoms with Crippen molar-refractivity contribution < 1.29 is 24.5 Å². The number of aromatic amines is 1. The molecule has 170 valence electrons. The minimum absolute atomic E-state index is 0.000919. The van der Waals surface area contributed by atoms with Gasteiger partial charge in [0.05, 0.1) is 12.7 Å². The molecule has 1 aromatic heterocycles. The van der Waals surface area contributed by atoms with Crippen molar-refractivity contribution in [1.82, 2.24) is 10.3 Å². The van der Waals surface area contributed by atoms with Crippen molar-refractivity contribution in [1.29, 1.82) is 0 Å². The summed E-state index contributed by atoms with van der Waals surface area (Å²) in [6.45, 7) is 0.932. The van der Waals surface area contributed by atoms with Crippen LogP contribution in [0.5, 0.6) is 11.6 Å². The predicted molar refractivity (Wildman–Crippen MR) is 123 cm³/mol. The number of H-pyrrole nitrogens is 1. The number of hydrogen-bond donors (Lipinski definition) is 4. The van der Waals surface area contributed by atoms with Crippen LogP contribution in [0.15, 0.2) is 42.5 Å². The smallest absolute Gasteiger partial charge is 0.497 e. The Morgan fingerprint density at radius 3 is 2.91 bits per heavy atom. The second kappa shape index (κ2) is 9.40. The fourth-order valence-corrected chi connectivity index (χ4v) is 4.86. The van der Waals surface area contributed by atoms with E-state index in [1.807, 2.05) is 24.3 Å². The molecule has 0 spiro atoms. The van der Waals surface area contributed by atoms with Gasteiger partial charge >= 0.3 is 6.16 Å². The molecule has 0 radical (unpaired) electrons. The number of aliphatic hydroxyl groups is 1. The first-order chi connectivity index (χ1) is 15.4. The molecule has 7 nitrogen and oxygen atoms in total. The van der Waals surface area contributed by atoms with E-state index in [2.05, 4.69) is 10.3 Å². The predicted octanol–water partition coefficient (Wildman–Crippen LogP) is 5.05. The standard InChI is InChI=1S/C24H27ClN2O5/c1-31-18-7-4-6-15(11-18)24(30)10-3-2-5-16(24)13-26-14-20-19-12-17(25)8-9-21(19)27-22(20)32-23(28)29/h4,6-9,11-12,16,26-27,30H,2-3,5,10,13-14H2,1H3,(H,28,29). The van der Waals surface area contributed by atoms with Crippen LogP contribution in [0, 0.1) is 5.92 Å². The van der Waals surface area contributed by atoms with Crippen LogP contribution in [0.3, 0.4) is 0 Å². The minimum atomic E-state index is -1.39. The van der Waals surface area contributed by atoms with Crippen LogP contribution in [-0.4, -0.2) is 35.0 Å². The molecule has 2 atom stereocenters. The number of carbonyl (C=O) groups is 1. The van der Waals surface area contributed by atoms with Crippen LogP contribution in [0.1, 0.15) is 36.8 Å². The first-order valence-electron chi connectivity index (χ1n) is 10.7. The van der Waals surface area contributed by atoms with Gasteiger partial charge in [0.2, 0.25) is 5.88 Å². The summed E-state index contributed by atoms with van der Waals surface area (Å²) in [4.78, 5) is 14.1. The number of hydrogen-bond acceptors (Lipinski definition) is 5. The van der Waals surface area contributed by atoms with Crippen LogP contribution in [0.2, 0.25) is 5.02 Å². The van der Waals surface area contributed by atoms with Gasteiger partial charge in [-0.05, 0) is 48.7 Å². The summed E-state index contributed by atoms with van der Waals surface area (Å²) >= 11 is 6.16. The zero-order valence-corrected chi connectivity index (χ0v) is 18.6. The van der Waals surface area contributed by atoms with E-state index in [1.165, 1.54) is 0 Å². The van der Waals surface area contributed by atoms with Gasteiger partial charge < -0.3 is 30.0 Å². The monoisotopic (exact) mass is 458 g/mol. The summed E-state index contributed by atoms with van der Waals surface area (Å²) in [6.07, 6.45) is 2.20. The molecule has 1 aliphatic carbocycles. The molecule has 0 amide bonds. The maximum atomic E-state index is 11.6. The Bertz CT molecular complexity index is 1110. The Labute approximate surface area is 191 Å². The molecule has 2 aromatic carbocycles.